The zero-order valence-corrected chi connectivity index (χ0v) is 16.8. The first-order valence-corrected chi connectivity index (χ1v) is 10.1. The summed E-state index contributed by atoms with van der Waals surface area (Å²) in [5.74, 6) is 0.856. The Balaban J connectivity index is 1.55. The lowest BCUT2D eigenvalue weighted by Crippen LogP contribution is -2.29. The number of aryl methyl sites for hydroxylation is 3. The molecule has 4 rings (SSSR count). The Bertz CT molecular complexity index is 960. The maximum Gasteiger partial charge on any atom is 0.165 e. The average molecular weight is 384 g/mol. The van der Waals surface area contributed by atoms with Crippen molar-refractivity contribution < 1.29 is 9.84 Å². The molecule has 2 aromatic heterocycles. The van der Waals surface area contributed by atoms with Crippen molar-refractivity contribution in [2.45, 2.75) is 33.9 Å². The van der Waals surface area contributed by atoms with Crippen LogP contribution in [0.2, 0.25) is 0 Å². The van der Waals surface area contributed by atoms with Crippen molar-refractivity contribution in [3.8, 4) is 21.9 Å². The third-order valence-electron chi connectivity index (χ3n) is 4.95. The first kappa shape index (κ1) is 18.1. The smallest absolute Gasteiger partial charge is 0.165 e. The van der Waals surface area contributed by atoms with E-state index in [9.17, 15) is 5.11 Å². The lowest BCUT2D eigenvalue weighted by Gasteiger charge is -2.20. The SMILES string of the molecule is Cc1cc(C)n(CCN2CCOc3c(O)cc(-c4ccc(C)s4)cc3C2)n1. The van der Waals surface area contributed by atoms with Crippen molar-refractivity contribution in [2.24, 2.45) is 0 Å². The molecule has 1 N–H and O–H groups in total. The highest BCUT2D eigenvalue weighted by Gasteiger charge is 2.20. The van der Waals surface area contributed by atoms with E-state index in [0.717, 1.165) is 43.0 Å². The van der Waals surface area contributed by atoms with Crippen LogP contribution < -0.4 is 4.74 Å². The number of nitrogens with zero attached hydrogens (tertiary/aromatic N) is 3. The highest BCUT2D eigenvalue weighted by atomic mass is 32.1. The van der Waals surface area contributed by atoms with E-state index >= 15 is 0 Å². The Labute approximate surface area is 163 Å². The predicted molar refractivity (Wildman–Crippen MR) is 109 cm³/mol. The van der Waals surface area contributed by atoms with Crippen molar-refractivity contribution in [3.05, 3.63) is 52.2 Å². The van der Waals surface area contributed by atoms with Gasteiger partial charge in [0.25, 0.3) is 0 Å². The Morgan fingerprint density at radius 2 is 2.00 bits per heavy atom. The normalized spacial score (nSPS) is 14.6. The summed E-state index contributed by atoms with van der Waals surface area (Å²) in [5, 5.41) is 15.1. The zero-order chi connectivity index (χ0) is 19.0. The molecule has 27 heavy (non-hydrogen) atoms. The van der Waals surface area contributed by atoms with E-state index in [1.54, 1.807) is 11.3 Å². The van der Waals surface area contributed by atoms with Crippen LogP contribution in [0.15, 0.2) is 30.3 Å². The second kappa shape index (κ2) is 7.37. The van der Waals surface area contributed by atoms with Crippen LogP contribution in [0.5, 0.6) is 11.5 Å². The third-order valence-corrected chi connectivity index (χ3v) is 6.00. The molecule has 0 aliphatic carbocycles. The molecule has 0 saturated heterocycles. The van der Waals surface area contributed by atoms with Crippen LogP contribution in [-0.4, -0.2) is 39.5 Å². The summed E-state index contributed by atoms with van der Waals surface area (Å²) in [4.78, 5) is 4.80. The fourth-order valence-electron chi connectivity index (χ4n) is 3.61. The van der Waals surface area contributed by atoms with Crippen molar-refractivity contribution in [1.29, 1.82) is 0 Å². The molecule has 0 fully saturated rings. The number of rotatable bonds is 4. The van der Waals surface area contributed by atoms with Crippen molar-refractivity contribution in [3.63, 3.8) is 0 Å². The van der Waals surface area contributed by atoms with E-state index < -0.39 is 0 Å². The second-order valence-corrected chi connectivity index (χ2v) is 8.46. The molecule has 0 unspecified atom stereocenters. The summed E-state index contributed by atoms with van der Waals surface area (Å²) in [7, 11) is 0. The van der Waals surface area contributed by atoms with Gasteiger partial charge in [0.2, 0.25) is 0 Å². The highest BCUT2D eigenvalue weighted by Crippen LogP contribution is 2.39. The number of fused-ring (bicyclic) bond motifs is 1. The molecule has 5 nitrogen and oxygen atoms in total. The van der Waals surface area contributed by atoms with Gasteiger partial charge in [-0.3, -0.25) is 9.58 Å². The van der Waals surface area contributed by atoms with Crippen LogP contribution in [0.25, 0.3) is 10.4 Å². The Hall–Kier alpha value is -2.31. The monoisotopic (exact) mass is 383 g/mol. The molecule has 1 aliphatic heterocycles. The molecule has 0 radical (unpaired) electrons. The van der Waals surface area contributed by atoms with Crippen molar-refractivity contribution >= 4 is 11.3 Å². The Kier molecular flexibility index (Phi) is 4.93. The summed E-state index contributed by atoms with van der Waals surface area (Å²) in [6, 6.07) is 10.3. The molecule has 0 atom stereocenters. The van der Waals surface area contributed by atoms with Crippen LogP contribution in [-0.2, 0) is 13.1 Å². The zero-order valence-electron chi connectivity index (χ0n) is 16.0. The lowest BCUT2D eigenvalue weighted by atomic mass is 10.1. The topological polar surface area (TPSA) is 50.5 Å². The molecule has 3 heterocycles. The van der Waals surface area contributed by atoms with E-state index in [-0.39, 0.29) is 5.75 Å². The average Bonchev–Trinajstić information content (AvgIpc) is 3.11. The number of aromatic hydroxyl groups is 1. The summed E-state index contributed by atoms with van der Waals surface area (Å²) in [6.07, 6.45) is 0. The Morgan fingerprint density at radius 1 is 1.15 bits per heavy atom. The largest absolute Gasteiger partial charge is 0.504 e. The molecule has 1 aromatic carbocycles. The first-order chi connectivity index (χ1) is 13.0. The molecule has 0 spiro atoms. The number of benzene rings is 1. The van der Waals surface area contributed by atoms with Crippen molar-refractivity contribution in [1.82, 2.24) is 14.7 Å². The molecular weight excluding hydrogens is 358 g/mol. The number of phenols is 1. The lowest BCUT2D eigenvalue weighted by molar-refractivity contribution is 0.214. The maximum atomic E-state index is 10.5. The number of ether oxygens (including phenoxy) is 1. The van der Waals surface area contributed by atoms with Gasteiger partial charge in [0, 0.05) is 40.6 Å². The van der Waals surface area contributed by atoms with E-state index in [1.165, 1.54) is 15.4 Å². The number of thiophene rings is 1. The number of hydrogen-bond acceptors (Lipinski definition) is 5. The molecule has 0 saturated carbocycles. The predicted octanol–water partition coefficient (Wildman–Crippen LogP) is 4.14. The maximum absolute atomic E-state index is 10.5. The summed E-state index contributed by atoms with van der Waals surface area (Å²) in [6.45, 7) is 10.1. The van der Waals surface area contributed by atoms with Gasteiger partial charge in [-0.15, -0.1) is 11.3 Å². The fourth-order valence-corrected chi connectivity index (χ4v) is 4.47. The molecule has 1 aliphatic rings. The van der Waals surface area contributed by atoms with Crippen LogP contribution in [0.1, 0.15) is 21.8 Å². The molecule has 0 bridgehead atoms. The van der Waals surface area contributed by atoms with E-state index in [4.69, 9.17) is 4.74 Å². The van der Waals surface area contributed by atoms with Gasteiger partial charge in [-0.25, -0.2) is 0 Å². The van der Waals surface area contributed by atoms with Gasteiger partial charge in [-0.2, -0.15) is 5.10 Å². The molecule has 142 valence electrons. The highest BCUT2D eigenvalue weighted by molar-refractivity contribution is 7.15. The minimum absolute atomic E-state index is 0.231. The van der Waals surface area contributed by atoms with Crippen LogP contribution >= 0.6 is 11.3 Å². The third kappa shape index (κ3) is 3.87. The van der Waals surface area contributed by atoms with Gasteiger partial charge in [-0.1, -0.05) is 0 Å². The van der Waals surface area contributed by atoms with Gasteiger partial charge < -0.3 is 9.84 Å². The van der Waals surface area contributed by atoms with E-state index in [1.807, 2.05) is 13.0 Å². The second-order valence-electron chi connectivity index (χ2n) is 7.17. The minimum Gasteiger partial charge on any atom is -0.504 e. The number of phenolic OH excluding ortho intramolecular Hbond substituents is 1. The number of hydrogen-bond donors (Lipinski definition) is 1. The van der Waals surface area contributed by atoms with Gasteiger partial charge in [0.15, 0.2) is 11.5 Å². The Morgan fingerprint density at radius 3 is 2.70 bits per heavy atom. The fraction of sp³-hybridized carbons (Fsp3) is 0.381. The number of aromatic nitrogens is 2. The summed E-state index contributed by atoms with van der Waals surface area (Å²) < 4.78 is 7.93. The van der Waals surface area contributed by atoms with Gasteiger partial charge in [-0.05, 0) is 56.7 Å². The molecular formula is C21H25N3O2S. The quantitative estimate of drug-likeness (QED) is 0.736. The molecule has 6 heteroatoms. The van der Waals surface area contributed by atoms with Crippen LogP contribution in [0.3, 0.4) is 0 Å². The summed E-state index contributed by atoms with van der Waals surface area (Å²) >= 11 is 1.74. The van der Waals surface area contributed by atoms with Gasteiger partial charge in [0.05, 0.1) is 12.2 Å². The first-order valence-electron chi connectivity index (χ1n) is 9.28. The van der Waals surface area contributed by atoms with E-state index in [2.05, 4.69) is 52.8 Å². The minimum atomic E-state index is 0.231. The van der Waals surface area contributed by atoms with Gasteiger partial charge in [0.1, 0.15) is 6.61 Å². The molecule has 3 aromatic rings. The van der Waals surface area contributed by atoms with Crippen LogP contribution in [0, 0.1) is 20.8 Å². The molecule has 0 amide bonds. The van der Waals surface area contributed by atoms with Crippen molar-refractivity contribution in [2.75, 3.05) is 19.7 Å². The van der Waals surface area contributed by atoms with Gasteiger partial charge >= 0.3 is 0 Å². The standard InChI is InChI=1S/C21H25N3O2S/c1-14-10-15(2)24(22-14)7-6-23-8-9-26-21-18(13-23)11-17(12-19(21)25)20-5-4-16(3)27-20/h4-5,10-12,25H,6-9,13H2,1-3H3. The summed E-state index contributed by atoms with van der Waals surface area (Å²) in [5.41, 5.74) is 4.33. The van der Waals surface area contributed by atoms with E-state index in [0.29, 0.717) is 12.4 Å². The van der Waals surface area contributed by atoms with Crippen LogP contribution in [0.4, 0.5) is 0 Å².